The molecule has 1 aliphatic heterocycles. The molecule has 1 aliphatic rings. The van der Waals surface area contributed by atoms with Crippen molar-refractivity contribution in [2.45, 2.75) is 64.4 Å². The number of ether oxygens (including phenoxy) is 1. The molecular weight excluding hydrogens is 188 g/mol. The molecule has 1 heterocycles. The first-order valence-corrected chi connectivity index (χ1v) is 6.25. The molecule has 2 nitrogen and oxygen atoms in total. The van der Waals surface area contributed by atoms with Crippen molar-refractivity contribution >= 4 is 6.29 Å². The molecule has 2 unspecified atom stereocenters. The van der Waals surface area contributed by atoms with Gasteiger partial charge in [-0.1, -0.05) is 19.8 Å². The molecule has 0 aromatic rings. The molecular formula is C13H24O2. The monoisotopic (exact) mass is 212 g/mol. The van der Waals surface area contributed by atoms with Gasteiger partial charge in [-0.3, -0.25) is 0 Å². The topological polar surface area (TPSA) is 26.3 Å². The zero-order valence-corrected chi connectivity index (χ0v) is 10.1. The summed E-state index contributed by atoms with van der Waals surface area (Å²) < 4.78 is 5.92. The summed E-state index contributed by atoms with van der Waals surface area (Å²) in [5.41, 5.74) is 0.0824. The number of hydrogen-bond acceptors (Lipinski definition) is 2. The lowest BCUT2D eigenvalue weighted by molar-refractivity contribution is -0.111. The van der Waals surface area contributed by atoms with Crippen LogP contribution in [0, 0.1) is 5.92 Å². The van der Waals surface area contributed by atoms with E-state index in [-0.39, 0.29) is 11.5 Å². The summed E-state index contributed by atoms with van der Waals surface area (Å²) in [6, 6.07) is 0. The number of carbonyl (C=O) groups is 1. The van der Waals surface area contributed by atoms with Crippen LogP contribution in [0.4, 0.5) is 0 Å². The lowest BCUT2D eigenvalue weighted by atomic mass is 9.91. The second-order valence-corrected chi connectivity index (χ2v) is 5.11. The maximum Gasteiger partial charge on any atom is 0.122 e. The van der Waals surface area contributed by atoms with Gasteiger partial charge < -0.3 is 9.53 Å². The highest BCUT2D eigenvalue weighted by molar-refractivity contribution is 5.52. The van der Waals surface area contributed by atoms with E-state index in [2.05, 4.69) is 6.92 Å². The second kappa shape index (κ2) is 6.26. The van der Waals surface area contributed by atoms with Gasteiger partial charge in [0.05, 0.1) is 5.60 Å². The Labute approximate surface area is 93.4 Å². The summed E-state index contributed by atoms with van der Waals surface area (Å²) in [7, 11) is 0. The molecule has 0 spiro atoms. The molecule has 1 rings (SSSR count). The Morgan fingerprint density at radius 1 is 1.40 bits per heavy atom. The fourth-order valence-corrected chi connectivity index (χ4v) is 2.23. The Morgan fingerprint density at radius 3 is 2.93 bits per heavy atom. The van der Waals surface area contributed by atoms with E-state index in [0.29, 0.717) is 0 Å². The van der Waals surface area contributed by atoms with Gasteiger partial charge in [-0.15, -0.1) is 0 Å². The van der Waals surface area contributed by atoms with E-state index in [1.807, 2.05) is 6.92 Å². The molecule has 0 aromatic heterocycles. The Morgan fingerprint density at radius 2 is 2.20 bits per heavy atom. The Bertz CT molecular complexity index is 181. The van der Waals surface area contributed by atoms with Crippen molar-refractivity contribution in [3.8, 4) is 0 Å². The third-order valence-electron chi connectivity index (χ3n) is 3.40. The summed E-state index contributed by atoms with van der Waals surface area (Å²) in [6.45, 7) is 5.13. The maximum atomic E-state index is 10.5. The zero-order valence-electron chi connectivity index (χ0n) is 10.1. The molecule has 1 saturated heterocycles. The second-order valence-electron chi connectivity index (χ2n) is 5.11. The van der Waals surface area contributed by atoms with E-state index in [9.17, 15) is 4.79 Å². The average Bonchev–Trinajstić information content (AvgIpc) is 2.43. The first-order valence-electron chi connectivity index (χ1n) is 6.25. The lowest BCUT2D eigenvalue weighted by Crippen LogP contribution is -2.27. The highest BCUT2D eigenvalue weighted by atomic mass is 16.5. The highest BCUT2D eigenvalue weighted by Crippen LogP contribution is 2.29. The van der Waals surface area contributed by atoms with Crippen LogP contribution in [0.25, 0.3) is 0 Å². The predicted octanol–water partition coefficient (Wildman–Crippen LogP) is 3.34. The van der Waals surface area contributed by atoms with Gasteiger partial charge in [-0.25, -0.2) is 0 Å². The third-order valence-corrected chi connectivity index (χ3v) is 3.40. The van der Waals surface area contributed by atoms with Crippen LogP contribution in [0.1, 0.15) is 58.8 Å². The Balaban J connectivity index is 2.25. The Kier molecular flexibility index (Phi) is 5.30. The molecule has 0 aromatic carbocycles. The molecule has 0 amide bonds. The summed E-state index contributed by atoms with van der Waals surface area (Å²) in [5.74, 6) is 0.208. The summed E-state index contributed by atoms with van der Waals surface area (Å²) in [6.07, 6.45) is 9.25. The van der Waals surface area contributed by atoms with Gasteiger partial charge in [0, 0.05) is 12.5 Å². The number of carbonyl (C=O) groups excluding carboxylic acids is 1. The minimum absolute atomic E-state index is 0.0824. The first-order chi connectivity index (χ1) is 7.16. The normalized spacial score (nSPS) is 29.5. The van der Waals surface area contributed by atoms with E-state index >= 15 is 0 Å². The van der Waals surface area contributed by atoms with Crippen molar-refractivity contribution in [1.82, 2.24) is 0 Å². The molecule has 0 aliphatic carbocycles. The molecule has 0 bridgehead atoms. The van der Waals surface area contributed by atoms with Crippen LogP contribution in [0.3, 0.4) is 0 Å². The van der Waals surface area contributed by atoms with Gasteiger partial charge in [0.15, 0.2) is 0 Å². The lowest BCUT2D eigenvalue weighted by Gasteiger charge is -2.28. The van der Waals surface area contributed by atoms with Gasteiger partial charge in [-0.2, -0.15) is 0 Å². The minimum atomic E-state index is 0.0824. The number of aldehydes is 1. The maximum absolute atomic E-state index is 10.5. The highest BCUT2D eigenvalue weighted by Gasteiger charge is 2.25. The van der Waals surface area contributed by atoms with Gasteiger partial charge in [0.1, 0.15) is 6.29 Å². The first kappa shape index (κ1) is 12.7. The van der Waals surface area contributed by atoms with Gasteiger partial charge in [0.2, 0.25) is 0 Å². The van der Waals surface area contributed by atoms with Gasteiger partial charge in [-0.05, 0) is 39.0 Å². The van der Waals surface area contributed by atoms with Crippen molar-refractivity contribution in [2.24, 2.45) is 5.92 Å². The molecule has 2 heteroatoms. The fourth-order valence-electron chi connectivity index (χ4n) is 2.23. The van der Waals surface area contributed by atoms with Crippen molar-refractivity contribution in [3.05, 3.63) is 0 Å². The largest absolute Gasteiger partial charge is 0.375 e. The van der Waals surface area contributed by atoms with E-state index in [1.54, 1.807) is 0 Å². The van der Waals surface area contributed by atoms with Crippen molar-refractivity contribution < 1.29 is 9.53 Å². The zero-order chi connectivity index (χ0) is 11.1. The van der Waals surface area contributed by atoms with Crippen molar-refractivity contribution in [3.63, 3.8) is 0 Å². The van der Waals surface area contributed by atoms with Gasteiger partial charge in [0.25, 0.3) is 0 Å². The van der Waals surface area contributed by atoms with Crippen LogP contribution in [0.15, 0.2) is 0 Å². The molecule has 0 saturated carbocycles. The van der Waals surface area contributed by atoms with Crippen LogP contribution in [-0.4, -0.2) is 18.5 Å². The molecule has 88 valence electrons. The van der Waals surface area contributed by atoms with Crippen LogP contribution in [0.2, 0.25) is 0 Å². The van der Waals surface area contributed by atoms with Crippen molar-refractivity contribution in [2.75, 3.05) is 6.61 Å². The number of rotatable bonds is 5. The average molecular weight is 212 g/mol. The third kappa shape index (κ3) is 4.78. The molecule has 0 N–H and O–H groups in total. The standard InChI is InChI=1S/C13H24O2/c1-12(11-14)7-6-9-13(2)8-4-3-5-10-15-13/h11-12H,3-10H2,1-2H3. The van der Waals surface area contributed by atoms with E-state index in [4.69, 9.17) is 4.74 Å². The van der Waals surface area contributed by atoms with E-state index in [0.717, 1.165) is 32.2 Å². The minimum Gasteiger partial charge on any atom is -0.375 e. The summed E-state index contributed by atoms with van der Waals surface area (Å²) in [4.78, 5) is 10.5. The smallest absolute Gasteiger partial charge is 0.122 e. The number of hydrogen-bond donors (Lipinski definition) is 0. The van der Waals surface area contributed by atoms with Gasteiger partial charge >= 0.3 is 0 Å². The molecule has 0 radical (unpaired) electrons. The SMILES string of the molecule is CC(C=O)CCCC1(C)CCCCCO1. The van der Waals surface area contributed by atoms with E-state index < -0.39 is 0 Å². The van der Waals surface area contributed by atoms with Crippen molar-refractivity contribution in [1.29, 1.82) is 0 Å². The van der Waals surface area contributed by atoms with E-state index in [1.165, 1.54) is 25.7 Å². The van der Waals surface area contributed by atoms with Crippen LogP contribution in [0.5, 0.6) is 0 Å². The summed E-state index contributed by atoms with van der Waals surface area (Å²) >= 11 is 0. The molecule has 15 heavy (non-hydrogen) atoms. The molecule has 2 atom stereocenters. The van der Waals surface area contributed by atoms with Crippen LogP contribution in [-0.2, 0) is 9.53 Å². The van der Waals surface area contributed by atoms with Crippen LogP contribution >= 0.6 is 0 Å². The summed E-state index contributed by atoms with van der Waals surface area (Å²) in [5, 5.41) is 0. The van der Waals surface area contributed by atoms with Crippen LogP contribution < -0.4 is 0 Å². The molecule has 1 fully saturated rings. The quantitative estimate of drug-likeness (QED) is 0.653. The Hall–Kier alpha value is -0.370. The predicted molar refractivity (Wildman–Crippen MR) is 61.9 cm³/mol. The fraction of sp³-hybridized carbons (Fsp3) is 0.923.